The third kappa shape index (κ3) is 3.90. The minimum atomic E-state index is -0.408. The van der Waals surface area contributed by atoms with E-state index in [0.29, 0.717) is 18.1 Å². The molecule has 3 rings (SSSR count). The van der Waals surface area contributed by atoms with E-state index in [-0.39, 0.29) is 17.6 Å². The van der Waals surface area contributed by atoms with Crippen molar-refractivity contribution in [2.75, 3.05) is 7.11 Å². The molecule has 1 saturated carbocycles. The van der Waals surface area contributed by atoms with Crippen LogP contribution in [0.2, 0.25) is 0 Å². The van der Waals surface area contributed by atoms with E-state index in [1.807, 2.05) is 13.0 Å². The molecule has 3 aliphatic carbocycles. The Bertz CT molecular complexity index is 733. The topological polar surface area (TPSA) is 43.4 Å². The molecular weight excluding hydrogens is 348 g/mol. The highest BCUT2D eigenvalue weighted by Gasteiger charge is 2.54. The van der Waals surface area contributed by atoms with E-state index < -0.39 is 5.41 Å². The van der Waals surface area contributed by atoms with Crippen LogP contribution in [0.15, 0.2) is 34.6 Å². The fourth-order valence-electron chi connectivity index (χ4n) is 4.89. The quantitative estimate of drug-likeness (QED) is 0.485. The molecule has 3 unspecified atom stereocenters. The summed E-state index contributed by atoms with van der Waals surface area (Å²) in [4.78, 5) is 26.4. The number of ketones is 2. The maximum absolute atomic E-state index is 13.3. The molecule has 0 radical (unpaired) electrons. The van der Waals surface area contributed by atoms with Gasteiger partial charge in [-0.3, -0.25) is 9.59 Å². The number of ether oxygens (including phenoxy) is 1. The predicted octanol–water partition coefficient (Wildman–Crippen LogP) is 5.95. The zero-order valence-electron chi connectivity index (χ0n) is 18.3. The Morgan fingerprint density at radius 2 is 1.96 bits per heavy atom. The first kappa shape index (κ1) is 21.1. The van der Waals surface area contributed by atoms with Crippen LogP contribution >= 0.6 is 0 Å². The fourth-order valence-corrected chi connectivity index (χ4v) is 4.89. The molecule has 28 heavy (non-hydrogen) atoms. The van der Waals surface area contributed by atoms with Gasteiger partial charge >= 0.3 is 0 Å². The van der Waals surface area contributed by atoms with Crippen LogP contribution in [0.5, 0.6) is 0 Å². The second-order valence-corrected chi connectivity index (χ2v) is 9.22. The second-order valence-electron chi connectivity index (χ2n) is 9.22. The minimum Gasteiger partial charge on any atom is -0.501 e. The van der Waals surface area contributed by atoms with E-state index in [1.54, 1.807) is 7.11 Å². The summed E-state index contributed by atoms with van der Waals surface area (Å²) >= 11 is 0. The zero-order valence-corrected chi connectivity index (χ0v) is 18.3. The lowest BCUT2D eigenvalue weighted by Crippen LogP contribution is -2.27. The first-order valence-electron chi connectivity index (χ1n) is 11.1. The number of Topliss-reactive ketones (excluding diaryl/α,β-unsaturated/α-hetero) is 2. The SMILES string of the molecule is CCC(C)C(=O)C1(C2=C(OC)CCC(C(=O)C(C)C3=CCCC(C)C3)=C2)CC1. The highest BCUT2D eigenvalue weighted by molar-refractivity contribution is 6.00. The molecule has 0 heterocycles. The van der Waals surface area contributed by atoms with Crippen LogP contribution < -0.4 is 0 Å². The zero-order chi connectivity index (χ0) is 20.5. The van der Waals surface area contributed by atoms with Gasteiger partial charge in [0.15, 0.2) is 5.78 Å². The Morgan fingerprint density at radius 1 is 1.25 bits per heavy atom. The van der Waals surface area contributed by atoms with Gasteiger partial charge in [0.2, 0.25) is 0 Å². The maximum Gasteiger partial charge on any atom is 0.165 e. The van der Waals surface area contributed by atoms with Crippen LogP contribution in [0.25, 0.3) is 0 Å². The number of hydrogen-bond donors (Lipinski definition) is 0. The van der Waals surface area contributed by atoms with E-state index in [2.05, 4.69) is 26.8 Å². The molecule has 0 amide bonds. The molecule has 0 aromatic rings. The van der Waals surface area contributed by atoms with E-state index in [1.165, 1.54) is 12.0 Å². The van der Waals surface area contributed by atoms with E-state index in [9.17, 15) is 9.59 Å². The smallest absolute Gasteiger partial charge is 0.165 e. The largest absolute Gasteiger partial charge is 0.501 e. The van der Waals surface area contributed by atoms with Crippen LogP contribution in [0.1, 0.15) is 79.1 Å². The maximum atomic E-state index is 13.3. The summed E-state index contributed by atoms with van der Waals surface area (Å²) in [5, 5.41) is 0. The fraction of sp³-hybridized carbons (Fsp3) is 0.680. The van der Waals surface area contributed by atoms with E-state index >= 15 is 0 Å². The predicted molar refractivity (Wildman–Crippen MR) is 113 cm³/mol. The van der Waals surface area contributed by atoms with Crippen molar-refractivity contribution >= 4 is 11.6 Å². The Balaban J connectivity index is 1.87. The number of carbonyl (C=O) groups is 2. The van der Waals surface area contributed by atoms with Crippen molar-refractivity contribution in [3.05, 3.63) is 34.6 Å². The van der Waals surface area contributed by atoms with Gasteiger partial charge in [0.25, 0.3) is 0 Å². The molecule has 0 saturated heterocycles. The second kappa shape index (κ2) is 8.39. The lowest BCUT2D eigenvalue weighted by atomic mass is 9.76. The van der Waals surface area contributed by atoms with Gasteiger partial charge in [-0.05, 0) is 62.5 Å². The Kier molecular flexibility index (Phi) is 6.31. The summed E-state index contributed by atoms with van der Waals surface area (Å²) in [6.45, 7) is 8.41. The molecule has 0 bridgehead atoms. The average molecular weight is 385 g/mol. The van der Waals surface area contributed by atoms with Crippen LogP contribution in [-0.4, -0.2) is 18.7 Å². The summed E-state index contributed by atoms with van der Waals surface area (Å²) in [6.07, 6.45) is 11.7. The highest BCUT2D eigenvalue weighted by atomic mass is 16.5. The van der Waals surface area contributed by atoms with Gasteiger partial charge in [-0.2, -0.15) is 0 Å². The number of methoxy groups -OCH3 is 1. The van der Waals surface area contributed by atoms with Crippen molar-refractivity contribution in [1.29, 1.82) is 0 Å². The van der Waals surface area contributed by atoms with Gasteiger partial charge in [-0.15, -0.1) is 0 Å². The minimum absolute atomic E-state index is 0.0513. The summed E-state index contributed by atoms with van der Waals surface area (Å²) in [6, 6.07) is 0. The van der Waals surface area contributed by atoms with Gasteiger partial charge in [0.1, 0.15) is 11.5 Å². The molecule has 3 aliphatic rings. The summed E-state index contributed by atoms with van der Waals surface area (Å²) in [5.41, 5.74) is 2.76. The molecule has 3 nitrogen and oxygen atoms in total. The molecule has 154 valence electrons. The van der Waals surface area contributed by atoms with Gasteiger partial charge in [0, 0.05) is 23.8 Å². The monoisotopic (exact) mass is 384 g/mol. The number of allylic oxidation sites excluding steroid dienone is 6. The first-order chi connectivity index (χ1) is 13.3. The molecular formula is C25H36O3. The van der Waals surface area contributed by atoms with Crippen LogP contribution in [0, 0.1) is 23.2 Å². The molecule has 3 heteroatoms. The third-order valence-corrected chi connectivity index (χ3v) is 7.20. The summed E-state index contributed by atoms with van der Waals surface area (Å²) < 4.78 is 5.67. The normalized spacial score (nSPS) is 26.1. The van der Waals surface area contributed by atoms with Crippen molar-refractivity contribution < 1.29 is 14.3 Å². The first-order valence-corrected chi connectivity index (χ1v) is 11.1. The van der Waals surface area contributed by atoms with Gasteiger partial charge in [-0.1, -0.05) is 39.3 Å². The standard InChI is InChI=1S/C25H36O3/c1-6-17(3)24(27)25(12-13-25)21-15-20(10-11-22(21)28-5)23(26)18(4)19-9-7-8-16(2)14-19/h9,15-18H,6-8,10-14H2,1-5H3. The average Bonchev–Trinajstić information content (AvgIpc) is 3.52. The summed E-state index contributed by atoms with van der Waals surface area (Å²) in [7, 11) is 1.69. The molecule has 3 atom stereocenters. The molecule has 0 aromatic carbocycles. The van der Waals surface area contributed by atoms with Crippen LogP contribution in [0.4, 0.5) is 0 Å². The van der Waals surface area contributed by atoms with E-state index in [4.69, 9.17) is 4.74 Å². The van der Waals surface area contributed by atoms with Crippen molar-refractivity contribution in [2.45, 2.75) is 79.1 Å². The van der Waals surface area contributed by atoms with Crippen molar-refractivity contribution in [2.24, 2.45) is 23.2 Å². The van der Waals surface area contributed by atoms with Crippen LogP contribution in [0.3, 0.4) is 0 Å². The van der Waals surface area contributed by atoms with Crippen molar-refractivity contribution in [3.63, 3.8) is 0 Å². The highest BCUT2D eigenvalue weighted by Crippen LogP contribution is 2.57. The Labute approximate surface area is 170 Å². The third-order valence-electron chi connectivity index (χ3n) is 7.20. The van der Waals surface area contributed by atoms with Gasteiger partial charge in [0.05, 0.1) is 12.5 Å². The molecule has 0 aromatic heterocycles. The lowest BCUT2D eigenvalue weighted by molar-refractivity contribution is -0.126. The van der Waals surface area contributed by atoms with Crippen molar-refractivity contribution in [1.82, 2.24) is 0 Å². The van der Waals surface area contributed by atoms with E-state index in [0.717, 1.165) is 55.4 Å². The number of carbonyl (C=O) groups excluding carboxylic acids is 2. The Morgan fingerprint density at radius 3 is 2.54 bits per heavy atom. The van der Waals surface area contributed by atoms with Gasteiger partial charge in [-0.25, -0.2) is 0 Å². The lowest BCUT2D eigenvalue weighted by Gasteiger charge is -2.28. The molecule has 0 N–H and O–H groups in total. The molecule has 0 aliphatic heterocycles. The van der Waals surface area contributed by atoms with Gasteiger partial charge < -0.3 is 4.74 Å². The van der Waals surface area contributed by atoms with Crippen LogP contribution in [-0.2, 0) is 14.3 Å². The molecule has 1 fully saturated rings. The van der Waals surface area contributed by atoms with Crippen molar-refractivity contribution in [3.8, 4) is 0 Å². The number of hydrogen-bond acceptors (Lipinski definition) is 3. The molecule has 0 spiro atoms. The Hall–Kier alpha value is -1.64. The number of rotatable bonds is 8. The summed E-state index contributed by atoms with van der Waals surface area (Å²) in [5.74, 6) is 2.12.